The van der Waals surface area contributed by atoms with E-state index in [-0.39, 0.29) is 5.91 Å². The lowest BCUT2D eigenvalue weighted by Gasteiger charge is -2.03. The zero-order chi connectivity index (χ0) is 11.5. The van der Waals surface area contributed by atoms with E-state index < -0.39 is 0 Å². The molecule has 1 aliphatic heterocycles. The lowest BCUT2D eigenvalue weighted by molar-refractivity contribution is -0.115. The van der Waals surface area contributed by atoms with Crippen molar-refractivity contribution in [3.05, 3.63) is 34.7 Å². The van der Waals surface area contributed by atoms with E-state index in [0.717, 1.165) is 11.3 Å². The van der Waals surface area contributed by atoms with Gasteiger partial charge in [-0.1, -0.05) is 42.2 Å². The summed E-state index contributed by atoms with van der Waals surface area (Å²) in [6, 6.07) is 7.52. The van der Waals surface area contributed by atoms with E-state index in [1.165, 1.54) is 11.8 Å². The fourth-order valence-corrected chi connectivity index (χ4v) is 2.38. The number of hydrogen-bond acceptors (Lipinski definition) is 4. The number of rotatable bonds is 2. The SMILES string of the molecule is COc1ccccc1C=C1SC(=S)NC1=O. The summed E-state index contributed by atoms with van der Waals surface area (Å²) in [6.07, 6.45) is 1.78. The summed E-state index contributed by atoms with van der Waals surface area (Å²) in [5, 5.41) is 2.57. The number of thiocarbonyl (C=S) groups is 1. The maximum Gasteiger partial charge on any atom is 0.263 e. The maximum absolute atomic E-state index is 11.5. The average Bonchev–Trinajstić information content (AvgIpc) is 2.58. The predicted octanol–water partition coefficient (Wildman–Crippen LogP) is 2.18. The number of carbonyl (C=O) groups excluding carboxylic acids is 1. The van der Waals surface area contributed by atoms with Crippen molar-refractivity contribution >= 4 is 40.3 Å². The molecule has 1 saturated heterocycles. The van der Waals surface area contributed by atoms with Gasteiger partial charge in [0.05, 0.1) is 12.0 Å². The van der Waals surface area contributed by atoms with Crippen LogP contribution in [-0.2, 0) is 4.79 Å². The molecule has 2 rings (SSSR count). The molecule has 1 fully saturated rings. The molecular formula is C11H9NO2S2. The number of methoxy groups -OCH3 is 1. The van der Waals surface area contributed by atoms with Crippen LogP contribution in [0.25, 0.3) is 6.08 Å². The van der Waals surface area contributed by atoms with Crippen LogP contribution in [0.2, 0.25) is 0 Å². The summed E-state index contributed by atoms with van der Waals surface area (Å²) in [4.78, 5) is 12.1. The van der Waals surface area contributed by atoms with E-state index in [9.17, 15) is 4.79 Å². The average molecular weight is 251 g/mol. The zero-order valence-corrected chi connectivity index (χ0v) is 10.2. The Kier molecular flexibility index (Phi) is 3.26. The highest BCUT2D eigenvalue weighted by molar-refractivity contribution is 8.26. The van der Waals surface area contributed by atoms with Crippen LogP contribution < -0.4 is 10.1 Å². The number of benzene rings is 1. The summed E-state index contributed by atoms with van der Waals surface area (Å²) in [5.41, 5.74) is 0.868. The van der Waals surface area contributed by atoms with Crippen molar-refractivity contribution in [2.45, 2.75) is 0 Å². The number of carbonyl (C=O) groups is 1. The monoisotopic (exact) mass is 251 g/mol. The zero-order valence-electron chi connectivity index (χ0n) is 8.52. The molecule has 0 atom stereocenters. The molecule has 0 spiro atoms. The van der Waals surface area contributed by atoms with E-state index >= 15 is 0 Å². The van der Waals surface area contributed by atoms with E-state index in [2.05, 4.69) is 5.32 Å². The minimum atomic E-state index is -0.152. The van der Waals surface area contributed by atoms with Crippen molar-refractivity contribution in [3.63, 3.8) is 0 Å². The lowest BCUT2D eigenvalue weighted by Crippen LogP contribution is -2.17. The molecule has 1 amide bonds. The van der Waals surface area contributed by atoms with Gasteiger partial charge in [-0.05, 0) is 12.1 Å². The highest BCUT2D eigenvalue weighted by atomic mass is 32.2. The topological polar surface area (TPSA) is 38.3 Å². The van der Waals surface area contributed by atoms with Crippen molar-refractivity contribution in [1.29, 1.82) is 0 Å². The van der Waals surface area contributed by atoms with Crippen molar-refractivity contribution in [2.24, 2.45) is 0 Å². The Labute approximate surface area is 103 Å². The van der Waals surface area contributed by atoms with E-state index in [0.29, 0.717) is 9.23 Å². The van der Waals surface area contributed by atoms with Crippen molar-refractivity contribution < 1.29 is 9.53 Å². The second-order valence-corrected chi connectivity index (χ2v) is 4.81. The van der Waals surface area contributed by atoms with Crippen LogP contribution in [0.3, 0.4) is 0 Å². The van der Waals surface area contributed by atoms with Crippen LogP contribution in [0.5, 0.6) is 5.75 Å². The minimum absolute atomic E-state index is 0.152. The molecule has 0 radical (unpaired) electrons. The smallest absolute Gasteiger partial charge is 0.263 e. The third-order valence-corrected chi connectivity index (χ3v) is 3.23. The van der Waals surface area contributed by atoms with Gasteiger partial charge in [0.25, 0.3) is 5.91 Å². The highest BCUT2D eigenvalue weighted by Crippen LogP contribution is 2.28. The summed E-state index contributed by atoms with van der Waals surface area (Å²) < 4.78 is 5.69. The van der Waals surface area contributed by atoms with Crippen LogP contribution in [0.4, 0.5) is 0 Å². The molecule has 0 unspecified atom stereocenters. The number of para-hydroxylation sites is 1. The minimum Gasteiger partial charge on any atom is -0.496 e. The molecule has 0 bridgehead atoms. The number of amides is 1. The standard InChI is InChI=1S/C11H9NO2S2/c1-14-8-5-3-2-4-7(8)6-9-10(13)12-11(15)16-9/h2-6H,1H3,(H,12,13,15). The summed E-state index contributed by atoms with van der Waals surface area (Å²) in [6.45, 7) is 0. The van der Waals surface area contributed by atoms with Gasteiger partial charge in [0.2, 0.25) is 0 Å². The Morgan fingerprint density at radius 3 is 2.81 bits per heavy atom. The van der Waals surface area contributed by atoms with E-state index in [1.54, 1.807) is 13.2 Å². The number of nitrogens with one attached hydrogen (secondary N) is 1. The fraction of sp³-hybridized carbons (Fsp3) is 0.0909. The summed E-state index contributed by atoms with van der Waals surface area (Å²) >= 11 is 6.17. The van der Waals surface area contributed by atoms with Gasteiger partial charge in [-0.2, -0.15) is 0 Å². The van der Waals surface area contributed by atoms with Crippen LogP contribution in [0.1, 0.15) is 5.56 Å². The number of thioether (sulfide) groups is 1. The first-order valence-corrected chi connectivity index (χ1v) is 5.81. The fourth-order valence-electron chi connectivity index (χ4n) is 1.35. The molecule has 0 saturated carbocycles. The molecular weight excluding hydrogens is 242 g/mol. The van der Waals surface area contributed by atoms with Gasteiger partial charge in [-0.3, -0.25) is 4.79 Å². The van der Waals surface area contributed by atoms with Crippen LogP contribution in [0, 0.1) is 0 Å². The van der Waals surface area contributed by atoms with Crippen LogP contribution in [0.15, 0.2) is 29.2 Å². The molecule has 1 aromatic rings. The Hall–Kier alpha value is -1.33. The summed E-state index contributed by atoms with van der Waals surface area (Å²) in [5.74, 6) is 0.585. The molecule has 1 heterocycles. The molecule has 1 aliphatic rings. The second kappa shape index (κ2) is 4.67. The Bertz CT molecular complexity index is 483. The van der Waals surface area contributed by atoms with Crippen molar-refractivity contribution in [3.8, 4) is 5.75 Å². The molecule has 0 aliphatic carbocycles. The van der Waals surface area contributed by atoms with E-state index in [4.69, 9.17) is 17.0 Å². The highest BCUT2D eigenvalue weighted by Gasteiger charge is 2.22. The first-order chi connectivity index (χ1) is 7.70. The van der Waals surface area contributed by atoms with Crippen LogP contribution in [-0.4, -0.2) is 17.3 Å². The molecule has 82 valence electrons. The molecule has 16 heavy (non-hydrogen) atoms. The van der Waals surface area contributed by atoms with Gasteiger partial charge in [0.15, 0.2) is 0 Å². The van der Waals surface area contributed by atoms with Crippen LogP contribution >= 0.6 is 24.0 Å². The molecule has 5 heteroatoms. The van der Waals surface area contributed by atoms with E-state index in [1.807, 2.05) is 24.3 Å². The van der Waals surface area contributed by atoms with Gasteiger partial charge in [0, 0.05) is 5.56 Å². The third kappa shape index (κ3) is 2.25. The van der Waals surface area contributed by atoms with Gasteiger partial charge >= 0.3 is 0 Å². The Morgan fingerprint density at radius 1 is 1.44 bits per heavy atom. The van der Waals surface area contributed by atoms with Gasteiger partial charge in [0.1, 0.15) is 10.1 Å². The molecule has 1 aromatic carbocycles. The predicted molar refractivity (Wildman–Crippen MR) is 69.3 cm³/mol. The van der Waals surface area contributed by atoms with Crippen molar-refractivity contribution in [2.75, 3.05) is 7.11 Å². The quantitative estimate of drug-likeness (QED) is 0.646. The lowest BCUT2D eigenvalue weighted by atomic mass is 10.2. The molecule has 0 aromatic heterocycles. The first-order valence-electron chi connectivity index (χ1n) is 4.58. The molecule has 1 N–H and O–H groups in total. The largest absolute Gasteiger partial charge is 0.496 e. The molecule has 3 nitrogen and oxygen atoms in total. The third-order valence-electron chi connectivity index (χ3n) is 2.07. The Morgan fingerprint density at radius 2 is 2.19 bits per heavy atom. The normalized spacial score (nSPS) is 17.7. The van der Waals surface area contributed by atoms with Gasteiger partial charge in [-0.15, -0.1) is 0 Å². The maximum atomic E-state index is 11.5. The second-order valence-electron chi connectivity index (χ2n) is 3.09. The number of hydrogen-bond donors (Lipinski definition) is 1. The van der Waals surface area contributed by atoms with Gasteiger partial charge < -0.3 is 10.1 Å². The Balaban J connectivity index is 2.36. The van der Waals surface area contributed by atoms with Crippen molar-refractivity contribution in [1.82, 2.24) is 5.32 Å². The number of ether oxygens (including phenoxy) is 1. The first kappa shape index (κ1) is 11.2. The summed E-state index contributed by atoms with van der Waals surface area (Å²) in [7, 11) is 1.60. The van der Waals surface area contributed by atoms with Gasteiger partial charge in [-0.25, -0.2) is 0 Å².